The number of hydrogen-bond donors (Lipinski definition) is 2. The fraction of sp³-hybridized carbons (Fsp3) is 0.167. The summed E-state index contributed by atoms with van der Waals surface area (Å²) in [7, 11) is 3.23. The van der Waals surface area contributed by atoms with Crippen molar-refractivity contribution >= 4 is 40.1 Å². The lowest BCUT2D eigenvalue weighted by molar-refractivity contribution is 0.0954. The van der Waals surface area contributed by atoms with E-state index in [1.54, 1.807) is 50.6 Å². The van der Waals surface area contributed by atoms with Crippen LogP contribution in [-0.4, -0.2) is 36.6 Å². The van der Waals surface area contributed by atoms with Gasteiger partial charge in [0.2, 0.25) is 0 Å². The quantitative estimate of drug-likeness (QED) is 0.373. The molecule has 0 aliphatic rings. The average Bonchev–Trinajstić information content (AvgIpc) is 3.21. The molecule has 0 aliphatic carbocycles. The highest BCUT2D eigenvalue weighted by Gasteiger charge is 2.14. The number of benzene rings is 3. The van der Waals surface area contributed by atoms with E-state index in [0.717, 1.165) is 22.6 Å². The highest BCUT2D eigenvalue weighted by molar-refractivity contribution is 6.39. The van der Waals surface area contributed by atoms with E-state index >= 15 is 0 Å². The van der Waals surface area contributed by atoms with Gasteiger partial charge in [-0.25, -0.2) is 4.98 Å². The van der Waals surface area contributed by atoms with Gasteiger partial charge in [-0.1, -0.05) is 29.3 Å². The topological polar surface area (TPSA) is 76.2 Å². The van der Waals surface area contributed by atoms with Gasteiger partial charge < -0.3 is 19.8 Å². The molecule has 0 saturated heterocycles. The fourth-order valence-corrected chi connectivity index (χ4v) is 4.06. The molecule has 32 heavy (non-hydrogen) atoms. The molecule has 0 unspecified atom stereocenters. The molecule has 8 heteroatoms. The van der Waals surface area contributed by atoms with Crippen LogP contribution in [-0.2, 0) is 6.42 Å². The van der Waals surface area contributed by atoms with E-state index in [4.69, 9.17) is 32.7 Å². The lowest BCUT2D eigenvalue weighted by atomic mass is 10.1. The van der Waals surface area contributed by atoms with Gasteiger partial charge in [-0.3, -0.25) is 4.79 Å². The van der Waals surface area contributed by atoms with Crippen molar-refractivity contribution < 1.29 is 14.3 Å². The molecule has 0 spiro atoms. The first-order valence-corrected chi connectivity index (χ1v) is 10.7. The first-order valence-electron chi connectivity index (χ1n) is 9.93. The van der Waals surface area contributed by atoms with Crippen LogP contribution in [0.4, 0.5) is 0 Å². The van der Waals surface area contributed by atoms with E-state index in [9.17, 15) is 4.79 Å². The minimum atomic E-state index is -0.180. The Hall–Kier alpha value is -3.22. The number of H-pyrrole nitrogens is 1. The zero-order chi connectivity index (χ0) is 22.7. The Kier molecular flexibility index (Phi) is 6.53. The Morgan fingerprint density at radius 2 is 1.81 bits per heavy atom. The van der Waals surface area contributed by atoms with Crippen LogP contribution in [0.2, 0.25) is 10.0 Å². The second-order valence-electron chi connectivity index (χ2n) is 7.10. The molecule has 0 saturated carbocycles. The predicted molar refractivity (Wildman–Crippen MR) is 127 cm³/mol. The van der Waals surface area contributed by atoms with Crippen LogP contribution in [0.5, 0.6) is 11.5 Å². The van der Waals surface area contributed by atoms with E-state index in [-0.39, 0.29) is 5.91 Å². The van der Waals surface area contributed by atoms with Gasteiger partial charge in [0.05, 0.1) is 40.9 Å². The van der Waals surface area contributed by atoms with Crippen LogP contribution < -0.4 is 14.8 Å². The maximum absolute atomic E-state index is 12.7. The second kappa shape index (κ2) is 9.51. The third-order valence-corrected chi connectivity index (χ3v) is 5.74. The van der Waals surface area contributed by atoms with Gasteiger partial charge in [0.1, 0.15) is 17.3 Å². The first kappa shape index (κ1) is 22.0. The van der Waals surface area contributed by atoms with Crippen molar-refractivity contribution in [2.75, 3.05) is 20.8 Å². The number of ether oxygens (including phenoxy) is 2. The molecule has 0 aliphatic heterocycles. The standard InChI is InChI=1S/C24H21Cl2N3O3/c1-31-16-7-9-21(32-2)14(12-16)10-11-27-24(30)15-6-8-19-20(13-15)29-23(28-19)22-17(25)4-3-5-18(22)26/h3-9,12-13H,10-11H2,1-2H3,(H,27,30)(H,28,29). The third kappa shape index (κ3) is 4.52. The van der Waals surface area contributed by atoms with Gasteiger partial charge in [-0.2, -0.15) is 0 Å². The van der Waals surface area contributed by atoms with E-state index in [1.165, 1.54) is 0 Å². The monoisotopic (exact) mass is 469 g/mol. The molecule has 2 N–H and O–H groups in total. The molecule has 0 atom stereocenters. The highest BCUT2D eigenvalue weighted by atomic mass is 35.5. The summed E-state index contributed by atoms with van der Waals surface area (Å²) in [5.74, 6) is 1.87. The number of nitrogens with zero attached hydrogens (tertiary/aromatic N) is 1. The predicted octanol–water partition coefficient (Wildman–Crippen LogP) is 5.53. The van der Waals surface area contributed by atoms with Crippen molar-refractivity contribution in [2.45, 2.75) is 6.42 Å². The molecule has 1 amide bonds. The maximum atomic E-state index is 12.7. The Balaban J connectivity index is 1.49. The lowest BCUT2D eigenvalue weighted by Crippen LogP contribution is -2.25. The summed E-state index contributed by atoms with van der Waals surface area (Å²) < 4.78 is 10.7. The molecule has 1 heterocycles. The summed E-state index contributed by atoms with van der Waals surface area (Å²) in [6.07, 6.45) is 0.605. The summed E-state index contributed by atoms with van der Waals surface area (Å²) >= 11 is 12.6. The average molecular weight is 470 g/mol. The maximum Gasteiger partial charge on any atom is 0.251 e. The number of fused-ring (bicyclic) bond motifs is 1. The van der Waals surface area contributed by atoms with Crippen LogP contribution in [0.1, 0.15) is 15.9 Å². The number of halogens is 2. The number of carbonyl (C=O) groups excluding carboxylic acids is 1. The normalized spacial score (nSPS) is 10.9. The van der Waals surface area contributed by atoms with Gasteiger partial charge in [0.25, 0.3) is 5.91 Å². The number of methoxy groups -OCH3 is 2. The number of imidazole rings is 1. The molecule has 0 radical (unpaired) electrons. The first-order chi connectivity index (χ1) is 15.5. The molecule has 6 nitrogen and oxygen atoms in total. The molecule has 0 fully saturated rings. The minimum Gasteiger partial charge on any atom is -0.497 e. The van der Waals surface area contributed by atoms with Crippen LogP contribution in [0.25, 0.3) is 22.4 Å². The van der Waals surface area contributed by atoms with Gasteiger partial charge in [-0.05, 0) is 60.5 Å². The molecular formula is C24H21Cl2N3O3. The Morgan fingerprint density at radius 3 is 2.53 bits per heavy atom. The summed E-state index contributed by atoms with van der Waals surface area (Å²) in [5, 5.41) is 3.95. The number of amides is 1. The molecular weight excluding hydrogens is 449 g/mol. The number of nitrogens with one attached hydrogen (secondary N) is 2. The van der Waals surface area contributed by atoms with Crippen molar-refractivity contribution in [1.29, 1.82) is 0 Å². The Labute approximate surface area is 195 Å². The van der Waals surface area contributed by atoms with E-state index in [0.29, 0.717) is 45.5 Å². The summed E-state index contributed by atoms with van der Waals surface area (Å²) in [6, 6.07) is 16.2. The van der Waals surface area contributed by atoms with Crippen LogP contribution >= 0.6 is 23.2 Å². The van der Waals surface area contributed by atoms with Crippen molar-refractivity contribution in [2.24, 2.45) is 0 Å². The molecule has 3 aromatic carbocycles. The summed E-state index contributed by atoms with van der Waals surface area (Å²) in [6.45, 7) is 0.448. The third-order valence-electron chi connectivity index (χ3n) is 5.11. The lowest BCUT2D eigenvalue weighted by Gasteiger charge is -2.11. The van der Waals surface area contributed by atoms with Crippen molar-refractivity contribution in [3.63, 3.8) is 0 Å². The summed E-state index contributed by atoms with van der Waals surface area (Å²) in [4.78, 5) is 20.5. The molecule has 1 aromatic heterocycles. The second-order valence-corrected chi connectivity index (χ2v) is 7.91. The number of carbonyl (C=O) groups is 1. The number of rotatable bonds is 7. The van der Waals surface area contributed by atoms with Crippen molar-refractivity contribution in [1.82, 2.24) is 15.3 Å². The van der Waals surface area contributed by atoms with Gasteiger partial charge >= 0.3 is 0 Å². The highest BCUT2D eigenvalue weighted by Crippen LogP contribution is 2.34. The largest absolute Gasteiger partial charge is 0.497 e. The van der Waals surface area contributed by atoms with Gasteiger partial charge in [0, 0.05) is 12.1 Å². The number of hydrogen-bond acceptors (Lipinski definition) is 4. The summed E-state index contributed by atoms with van der Waals surface area (Å²) in [5.41, 5.74) is 3.55. The fourth-order valence-electron chi connectivity index (χ4n) is 3.48. The van der Waals surface area contributed by atoms with Crippen LogP contribution in [0.15, 0.2) is 54.6 Å². The zero-order valence-corrected chi connectivity index (χ0v) is 19.1. The molecule has 0 bridgehead atoms. The number of aromatic amines is 1. The molecule has 4 aromatic rings. The smallest absolute Gasteiger partial charge is 0.251 e. The van der Waals surface area contributed by atoms with E-state index < -0.39 is 0 Å². The van der Waals surface area contributed by atoms with Crippen LogP contribution in [0.3, 0.4) is 0 Å². The number of aromatic nitrogens is 2. The minimum absolute atomic E-state index is 0.180. The van der Waals surface area contributed by atoms with Gasteiger partial charge in [0.15, 0.2) is 0 Å². The Morgan fingerprint density at radius 1 is 1.03 bits per heavy atom. The van der Waals surface area contributed by atoms with E-state index in [1.807, 2.05) is 18.2 Å². The SMILES string of the molecule is COc1ccc(OC)c(CCNC(=O)c2ccc3nc(-c4c(Cl)cccc4Cl)[nH]c3c2)c1. The molecule has 4 rings (SSSR count). The van der Waals surface area contributed by atoms with Crippen molar-refractivity contribution in [3.05, 3.63) is 75.8 Å². The zero-order valence-electron chi connectivity index (χ0n) is 17.5. The van der Waals surface area contributed by atoms with Crippen molar-refractivity contribution in [3.8, 4) is 22.9 Å². The molecule has 164 valence electrons. The van der Waals surface area contributed by atoms with Crippen LogP contribution in [0, 0.1) is 0 Å². The Bertz CT molecular complexity index is 1270. The van der Waals surface area contributed by atoms with Gasteiger partial charge in [-0.15, -0.1) is 0 Å². The van der Waals surface area contributed by atoms with E-state index in [2.05, 4.69) is 15.3 Å².